The molecule has 0 spiro atoms. The van der Waals surface area contributed by atoms with Crippen LogP contribution in [0, 0.1) is 0 Å². The maximum Gasteiger partial charge on any atom is 0.222 e. The molecule has 0 saturated heterocycles. The number of aromatic hydroxyl groups is 1. The summed E-state index contributed by atoms with van der Waals surface area (Å²) in [5.41, 5.74) is 0. The van der Waals surface area contributed by atoms with Gasteiger partial charge in [-0.2, -0.15) is 0 Å². The SMILES string of the molecule is Oc1csc(C2CCCCC2)n1. The Bertz CT molecular complexity index is 253. The van der Waals surface area contributed by atoms with E-state index < -0.39 is 0 Å². The number of thiazole rings is 1. The lowest BCUT2D eigenvalue weighted by Crippen LogP contribution is -2.03. The maximum absolute atomic E-state index is 9.08. The fourth-order valence-electron chi connectivity index (χ4n) is 1.82. The molecule has 1 aliphatic rings. The Labute approximate surface area is 76.3 Å². The first-order valence-electron chi connectivity index (χ1n) is 4.50. The van der Waals surface area contributed by atoms with E-state index in [2.05, 4.69) is 4.98 Å². The summed E-state index contributed by atoms with van der Waals surface area (Å²) in [4.78, 5) is 4.11. The van der Waals surface area contributed by atoms with Crippen LogP contribution in [-0.2, 0) is 0 Å². The molecule has 0 radical (unpaired) electrons. The molecule has 0 unspecified atom stereocenters. The lowest BCUT2D eigenvalue weighted by atomic mass is 9.90. The molecule has 0 bridgehead atoms. The van der Waals surface area contributed by atoms with Gasteiger partial charge in [0.05, 0.1) is 10.4 Å². The molecule has 1 saturated carbocycles. The highest BCUT2D eigenvalue weighted by molar-refractivity contribution is 7.09. The summed E-state index contributed by atoms with van der Waals surface area (Å²) in [6.45, 7) is 0. The first-order chi connectivity index (χ1) is 5.86. The summed E-state index contributed by atoms with van der Waals surface area (Å²) in [5, 5.41) is 11.9. The number of hydrogen-bond acceptors (Lipinski definition) is 3. The van der Waals surface area contributed by atoms with Crippen LogP contribution < -0.4 is 0 Å². The van der Waals surface area contributed by atoms with Gasteiger partial charge in [-0.15, -0.1) is 11.3 Å². The van der Waals surface area contributed by atoms with Crippen LogP contribution in [0.4, 0.5) is 0 Å². The zero-order valence-corrected chi connectivity index (χ0v) is 7.81. The van der Waals surface area contributed by atoms with Crippen LogP contribution in [0.15, 0.2) is 5.38 Å². The number of hydrogen-bond donors (Lipinski definition) is 1. The van der Waals surface area contributed by atoms with Crippen LogP contribution in [-0.4, -0.2) is 10.1 Å². The molecule has 0 aliphatic heterocycles. The van der Waals surface area contributed by atoms with Crippen molar-refractivity contribution in [3.8, 4) is 5.88 Å². The van der Waals surface area contributed by atoms with Crippen molar-refractivity contribution in [1.82, 2.24) is 4.98 Å². The van der Waals surface area contributed by atoms with Gasteiger partial charge in [0.25, 0.3) is 0 Å². The molecule has 1 heterocycles. The van der Waals surface area contributed by atoms with Gasteiger partial charge < -0.3 is 5.11 Å². The number of rotatable bonds is 1. The third-order valence-electron chi connectivity index (χ3n) is 2.46. The van der Waals surface area contributed by atoms with Gasteiger partial charge in [0.2, 0.25) is 5.88 Å². The van der Waals surface area contributed by atoms with Gasteiger partial charge in [0.1, 0.15) is 0 Å². The summed E-state index contributed by atoms with van der Waals surface area (Å²) in [7, 11) is 0. The lowest BCUT2D eigenvalue weighted by Gasteiger charge is -2.18. The molecular weight excluding hydrogens is 170 g/mol. The monoisotopic (exact) mass is 183 g/mol. The Hall–Kier alpha value is -0.570. The lowest BCUT2D eigenvalue weighted by molar-refractivity contribution is 0.428. The van der Waals surface area contributed by atoms with E-state index in [9.17, 15) is 0 Å². The Balaban J connectivity index is 2.08. The molecule has 66 valence electrons. The van der Waals surface area contributed by atoms with E-state index in [1.165, 1.54) is 32.1 Å². The Morgan fingerprint density at radius 3 is 2.67 bits per heavy atom. The van der Waals surface area contributed by atoms with Gasteiger partial charge in [-0.1, -0.05) is 19.3 Å². The highest BCUT2D eigenvalue weighted by Crippen LogP contribution is 2.34. The molecular formula is C9H13NOS. The average Bonchev–Trinajstić information content (AvgIpc) is 2.54. The van der Waals surface area contributed by atoms with Crippen LogP contribution >= 0.6 is 11.3 Å². The topological polar surface area (TPSA) is 33.1 Å². The molecule has 0 aromatic carbocycles. The molecule has 1 aromatic heterocycles. The molecule has 2 rings (SSSR count). The van der Waals surface area contributed by atoms with Crippen molar-refractivity contribution in [2.24, 2.45) is 0 Å². The average molecular weight is 183 g/mol. The van der Waals surface area contributed by atoms with Gasteiger partial charge in [-0.3, -0.25) is 0 Å². The van der Waals surface area contributed by atoms with E-state index >= 15 is 0 Å². The highest BCUT2D eigenvalue weighted by atomic mass is 32.1. The molecule has 1 fully saturated rings. The van der Waals surface area contributed by atoms with E-state index in [4.69, 9.17) is 5.11 Å². The largest absolute Gasteiger partial charge is 0.493 e. The zero-order chi connectivity index (χ0) is 8.39. The van der Waals surface area contributed by atoms with E-state index in [1.54, 1.807) is 16.7 Å². The Morgan fingerprint density at radius 2 is 2.08 bits per heavy atom. The molecule has 1 N–H and O–H groups in total. The minimum Gasteiger partial charge on any atom is -0.493 e. The standard InChI is InChI=1S/C9H13NOS/c11-8-6-12-9(10-8)7-4-2-1-3-5-7/h6-7,11H,1-5H2. The van der Waals surface area contributed by atoms with Gasteiger partial charge in [0.15, 0.2) is 0 Å². The molecule has 0 atom stereocenters. The summed E-state index contributed by atoms with van der Waals surface area (Å²) in [5.74, 6) is 0.824. The predicted molar refractivity (Wildman–Crippen MR) is 49.6 cm³/mol. The normalized spacial score (nSPS) is 19.7. The maximum atomic E-state index is 9.08. The van der Waals surface area contributed by atoms with Gasteiger partial charge >= 0.3 is 0 Å². The Kier molecular flexibility index (Phi) is 2.30. The zero-order valence-electron chi connectivity index (χ0n) is 6.99. The van der Waals surface area contributed by atoms with Crippen molar-refractivity contribution in [3.63, 3.8) is 0 Å². The summed E-state index contributed by atoms with van der Waals surface area (Å²) >= 11 is 1.59. The van der Waals surface area contributed by atoms with Gasteiger partial charge in [-0.05, 0) is 12.8 Å². The molecule has 12 heavy (non-hydrogen) atoms. The first-order valence-corrected chi connectivity index (χ1v) is 5.38. The van der Waals surface area contributed by atoms with Gasteiger partial charge in [0, 0.05) is 5.92 Å². The molecule has 2 nitrogen and oxygen atoms in total. The molecule has 1 aromatic rings. The van der Waals surface area contributed by atoms with Crippen molar-refractivity contribution in [2.75, 3.05) is 0 Å². The van der Waals surface area contributed by atoms with Crippen LogP contribution in [0.2, 0.25) is 0 Å². The summed E-state index contributed by atoms with van der Waals surface area (Å²) in [6.07, 6.45) is 6.53. The van der Waals surface area contributed by atoms with Crippen LogP contribution in [0.25, 0.3) is 0 Å². The second-order valence-corrected chi connectivity index (χ2v) is 4.27. The van der Waals surface area contributed by atoms with Crippen LogP contribution in [0.3, 0.4) is 0 Å². The number of nitrogens with zero attached hydrogens (tertiary/aromatic N) is 1. The minimum absolute atomic E-state index is 0.195. The molecule has 0 amide bonds. The highest BCUT2D eigenvalue weighted by Gasteiger charge is 2.18. The van der Waals surface area contributed by atoms with Crippen molar-refractivity contribution >= 4 is 11.3 Å². The second kappa shape index (κ2) is 3.44. The second-order valence-electron chi connectivity index (χ2n) is 3.38. The molecule has 3 heteroatoms. The van der Waals surface area contributed by atoms with E-state index in [-0.39, 0.29) is 5.88 Å². The Morgan fingerprint density at radius 1 is 1.33 bits per heavy atom. The summed E-state index contributed by atoms with van der Waals surface area (Å²) in [6, 6.07) is 0. The fourth-order valence-corrected chi connectivity index (χ4v) is 2.67. The van der Waals surface area contributed by atoms with Crippen LogP contribution in [0.5, 0.6) is 5.88 Å². The third-order valence-corrected chi connectivity index (χ3v) is 3.46. The molecule has 1 aliphatic carbocycles. The van der Waals surface area contributed by atoms with Crippen molar-refractivity contribution in [1.29, 1.82) is 0 Å². The minimum atomic E-state index is 0.195. The van der Waals surface area contributed by atoms with E-state index in [0.717, 1.165) is 5.01 Å². The van der Waals surface area contributed by atoms with E-state index in [0.29, 0.717) is 5.92 Å². The number of aromatic nitrogens is 1. The van der Waals surface area contributed by atoms with Crippen molar-refractivity contribution < 1.29 is 5.11 Å². The first kappa shape index (κ1) is 8.05. The quantitative estimate of drug-likeness (QED) is 0.726. The summed E-state index contributed by atoms with van der Waals surface area (Å²) < 4.78 is 0. The predicted octanol–water partition coefficient (Wildman–Crippen LogP) is 2.90. The van der Waals surface area contributed by atoms with Gasteiger partial charge in [-0.25, -0.2) is 4.98 Å². The fraction of sp³-hybridized carbons (Fsp3) is 0.667. The van der Waals surface area contributed by atoms with Crippen molar-refractivity contribution in [2.45, 2.75) is 38.0 Å². The smallest absolute Gasteiger partial charge is 0.222 e. The van der Waals surface area contributed by atoms with Crippen molar-refractivity contribution in [3.05, 3.63) is 10.4 Å². The van der Waals surface area contributed by atoms with Crippen LogP contribution in [0.1, 0.15) is 43.0 Å². The third kappa shape index (κ3) is 1.61. The van der Waals surface area contributed by atoms with E-state index in [1.807, 2.05) is 0 Å².